The topological polar surface area (TPSA) is 95.9 Å². The van der Waals surface area contributed by atoms with E-state index in [1.54, 1.807) is 7.11 Å². The lowest BCUT2D eigenvalue weighted by Crippen LogP contribution is -2.38. The van der Waals surface area contributed by atoms with Crippen LogP contribution in [0.3, 0.4) is 0 Å². The van der Waals surface area contributed by atoms with Crippen LogP contribution in [0.4, 0.5) is 0 Å². The fourth-order valence-electron chi connectivity index (χ4n) is 0.284. The lowest BCUT2D eigenvalue weighted by Gasteiger charge is -2.14. The van der Waals surface area contributed by atoms with Gasteiger partial charge in [0.15, 0.2) is 0 Å². The number of hydrogen-bond donors (Lipinski definition) is 3. The SMILES string of the molecule is COC(C)(C)C.O=CNC(CO)C(=O)O. The summed E-state index contributed by atoms with van der Waals surface area (Å²) in [6.07, 6.45) is 0.231. The van der Waals surface area contributed by atoms with Gasteiger partial charge >= 0.3 is 5.97 Å². The molecule has 0 fully saturated rings. The summed E-state index contributed by atoms with van der Waals surface area (Å²) in [4.78, 5) is 19.5. The molecule has 1 atom stereocenters. The molecule has 0 aliphatic rings. The lowest BCUT2D eigenvalue weighted by molar-refractivity contribution is -0.141. The second kappa shape index (κ2) is 8.19. The summed E-state index contributed by atoms with van der Waals surface area (Å²) in [7, 11) is 1.71. The number of hydrogen-bond acceptors (Lipinski definition) is 4. The first kappa shape index (κ1) is 16.3. The van der Waals surface area contributed by atoms with Gasteiger partial charge in [-0.3, -0.25) is 4.79 Å². The standard InChI is InChI=1S/C5H12O.C4H7NO4/c1-5(2,3)6-4;6-1-3(4(8)9)5-2-7/h1-4H3;2-3,6H,1H2,(H,5,7)(H,8,9). The minimum atomic E-state index is -1.25. The molecule has 3 N–H and O–H groups in total. The maximum absolute atomic E-state index is 9.94. The number of carbonyl (C=O) groups excluding carboxylic acids is 1. The maximum Gasteiger partial charge on any atom is 0.328 e. The number of aliphatic hydroxyl groups excluding tert-OH is 1. The van der Waals surface area contributed by atoms with Crippen molar-refractivity contribution in [3.63, 3.8) is 0 Å². The monoisotopic (exact) mass is 221 g/mol. The Bertz CT molecular complexity index is 187. The van der Waals surface area contributed by atoms with Crippen LogP contribution in [0.2, 0.25) is 0 Å². The Balaban J connectivity index is 0. The third-order valence-electron chi connectivity index (χ3n) is 1.36. The zero-order chi connectivity index (χ0) is 12.5. The number of carbonyl (C=O) groups is 2. The zero-order valence-corrected chi connectivity index (χ0v) is 9.48. The van der Waals surface area contributed by atoms with E-state index >= 15 is 0 Å². The van der Waals surface area contributed by atoms with E-state index < -0.39 is 18.6 Å². The minimum Gasteiger partial charge on any atom is -0.480 e. The fraction of sp³-hybridized carbons (Fsp3) is 0.778. The van der Waals surface area contributed by atoms with Gasteiger partial charge in [-0.15, -0.1) is 0 Å². The van der Waals surface area contributed by atoms with Crippen LogP contribution in [0.15, 0.2) is 0 Å². The summed E-state index contributed by atoms with van der Waals surface area (Å²) in [6, 6.07) is -1.18. The Labute approximate surface area is 89.2 Å². The predicted molar refractivity (Wildman–Crippen MR) is 54.5 cm³/mol. The summed E-state index contributed by atoms with van der Waals surface area (Å²) in [5.41, 5.74) is 0.0417. The van der Waals surface area contributed by atoms with Crippen molar-refractivity contribution >= 4 is 12.4 Å². The van der Waals surface area contributed by atoms with Gasteiger partial charge in [-0.05, 0) is 20.8 Å². The first-order valence-corrected chi connectivity index (χ1v) is 4.37. The summed E-state index contributed by atoms with van der Waals surface area (Å²) in [5.74, 6) is -1.25. The Morgan fingerprint density at radius 3 is 2.00 bits per heavy atom. The average Bonchev–Trinajstić information content (AvgIpc) is 2.13. The third-order valence-corrected chi connectivity index (χ3v) is 1.36. The summed E-state index contributed by atoms with van der Waals surface area (Å²) in [5, 5.41) is 18.2. The molecule has 6 nitrogen and oxygen atoms in total. The summed E-state index contributed by atoms with van der Waals surface area (Å²) < 4.78 is 4.94. The van der Waals surface area contributed by atoms with Crippen LogP contribution < -0.4 is 5.32 Å². The van der Waals surface area contributed by atoms with Gasteiger partial charge in [-0.2, -0.15) is 0 Å². The summed E-state index contributed by atoms with van der Waals surface area (Å²) >= 11 is 0. The molecule has 0 aromatic heterocycles. The van der Waals surface area contributed by atoms with E-state index in [1.807, 2.05) is 26.1 Å². The van der Waals surface area contributed by atoms with E-state index in [0.29, 0.717) is 0 Å². The Hall–Kier alpha value is -1.14. The van der Waals surface area contributed by atoms with Gasteiger partial charge in [0.25, 0.3) is 0 Å². The van der Waals surface area contributed by atoms with Gasteiger partial charge in [-0.1, -0.05) is 0 Å². The van der Waals surface area contributed by atoms with Crippen molar-refractivity contribution in [2.45, 2.75) is 32.4 Å². The predicted octanol–water partition coefficient (Wildman–Crippen LogP) is -0.391. The van der Waals surface area contributed by atoms with E-state index in [-0.39, 0.29) is 12.0 Å². The highest BCUT2D eigenvalue weighted by atomic mass is 16.5. The number of aliphatic hydroxyl groups is 1. The van der Waals surface area contributed by atoms with Crippen molar-refractivity contribution in [2.75, 3.05) is 13.7 Å². The van der Waals surface area contributed by atoms with Crippen molar-refractivity contribution in [3.8, 4) is 0 Å². The minimum absolute atomic E-state index is 0.0417. The molecule has 0 aliphatic carbocycles. The highest BCUT2D eigenvalue weighted by Crippen LogP contribution is 2.02. The Morgan fingerprint density at radius 1 is 1.53 bits per heavy atom. The molecule has 0 spiro atoms. The van der Waals surface area contributed by atoms with E-state index in [9.17, 15) is 9.59 Å². The van der Waals surface area contributed by atoms with Gasteiger partial charge in [0.1, 0.15) is 6.04 Å². The maximum atomic E-state index is 9.94. The van der Waals surface area contributed by atoms with Gasteiger partial charge in [0, 0.05) is 7.11 Å². The second-order valence-electron chi connectivity index (χ2n) is 3.67. The molecular formula is C9H19NO5. The highest BCUT2D eigenvalue weighted by molar-refractivity contribution is 5.76. The lowest BCUT2D eigenvalue weighted by atomic mass is 10.2. The first-order chi connectivity index (χ1) is 6.78. The number of aliphatic carboxylic acids is 1. The molecule has 0 radical (unpaired) electrons. The van der Waals surface area contributed by atoms with E-state index in [4.69, 9.17) is 14.9 Å². The van der Waals surface area contributed by atoms with Crippen molar-refractivity contribution in [1.82, 2.24) is 5.32 Å². The van der Waals surface area contributed by atoms with E-state index in [0.717, 1.165) is 0 Å². The molecule has 1 amide bonds. The molecular weight excluding hydrogens is 202 g/mol. The zero-order valence-electron chi connectivity index (χ0n) is 9.48. The van der Waals surface area contributed by atoms with E-state index in [2.05, 4.69) is 0 Å². The number of carboxylic acid groups (broad SMARTS) is 1. The van der Waals surface area contributed by atoms with Crippen LogP contribution >= 0.6 is 0 Å². The number of nitrogens with one attached hydrogen (secondary N) is 1. The molecule has 0 aliphatic heterocycles. The first-order valence-electron chi connectivity index (χ1n) is 4.37. The molecule has 0 saturated heterocycles. The average molecular weight is 221 g/mol. The second-order valence-corrected chi connectivity index (χ2v) is 3.67. The largest absolute Gasteiger partial charge is 0.480 e. The number of carboxylic acids is 1. The van der Waals surface area contributed by atoms with Gasteiger partial charge in [0.2, 0.25) is 6.41 Å². The number of amides is 1. The molecule has 0 rings (SSSR count). The van der Waals surface area contributed by atoms with Crippen molar-refractivity contribution in [3.05, 3.63) is 0 Å². The normalized spacial score (nSPS) is 12.1. The van der Waals surface area contributed by atoms with Crippen LogP contribution in [0.1, 0.15) is 20.8 Å². The quantitative estimate of drug-likeness (QED) is 0.562. The number of rotatable bonds is 4. The molecule has 0 aromatic rings. The highest BCUT2D eigenvalue weighted by Gasteiger charge is 2.13. The van der Waals surface area contributed by atoms with Gasteiger partial charge in [0.05, 0.1) is 12.2 Å². The van der Waals surface area contributed by atoms with E-state index in [1.165, 1.54) is 0 Å². The molecule has 0 heterocycles. The van der Waals surface area contributed by atoms with Crippen LogP contribution in [0.5, 0.6) is 0 Å². The van der Waals surface area contributed by atoms with Crippen molar-refractivity contribution < 1.29 is 24.5 Å². The van der Waals surface area contributed by atoms with Crippen LogP contribution in [0.25, 0.3) is 0 Å². The molecule has 1 unspecified atom stereocenters. The molecule has 0 saturated carbocycles. The van der Waals surface area contributed by atoms with Crippen molar-refractivity contribution in [2.24, 2.45) is 0 Å². The molecule has 6 heteroatoms. The molecule has 15 heavy (non-hydrogen) atoms. The molecule has 90 valence electrons. The van der Waals surface area contributed by atoms with Crippen LogP contribution in [0, 0.1) is 0 Å². The molecule has 0 aromatic carbocycles. The molecule has 0 bridgehead atoms. The number of methoxy groups -OCH3 is 1. The number of ether oxygens (including phenoxy) is 1. The van der Waals surface area contributed by atoms with Crippen LogP contribution in [-0.2, 0) is 14.3 Å². The Kier molecular flexibility index (Phi) is 8.90. The van der Waals surface area contributed by atoms with Crippen molar-refractivity contribution in [1.29, 1.82) is 0 Å². The smallest absolute Gasteiger partial charge is 0.328 e. The van der Waals surface area contributed by atoms with Gasteiger partial charge in [-0.25, -0.2) is 4.79 Å². The Morgan fingerprint density at radius 2 is 1.93 bits per heavy atom. The van der Waals surface area contributed by atoms with Crippen LogP contribution in [-0.4, -0.2) is 48.0 Å². The summed E-state index contributed by atoms with van der Waals surface area (Å²) in [6.45, 7) is 5.47. The fourth-order valence-corrected chi connectivity index (χ4v) is 0.284. The van der Waals surface area contributed by atoms with Gasteiger partial charge < -0.3 is 20.3 Å². The third kappa shape index (κ3) is 12.9.